The molecule has 0 aliphatic heterocycles. The van der Waals surface area contributed by atoms with Gasteiger partial charge in [-0.1, -0.05) is 72.8 Å². The summed E-state index contributed by atoms with van der Waals surface area (Å²) in [5, 5.41) is 10.9. The molecular weight excluding hydrogens is 666 g/mol. The molecule has 0 aliphatic carbocycles. The van der Waals surface area contributed by atoms with Crippen LogP contribution in [0.5, 0.6) is 0 Å². The van der Waals surface area contributed by atoms with Crippen molar-refractivity contribution < 1.29 is 80.8 Å². The number of rotatable bonds is 4. The molecule has 5 rings (SSSR count). The van der Waals surface area contributed by atoms with Gasteiger partial charge in [0.05, 0.1) is 0 Å². The molecule has 0 fully saturated rings. The van der Waals surface area contributed by atoms with Crippen molar-refractivity contribution in [2.45, 2.75) is 36.0 Å². The average Bonchev–Trinajstić information content (AvgIpc) is 2.97. The average molecular weight is 678 g/mol. The first-order chi connectivity index (χ1) is 21.0. The van der Waals surface area contributed by atoms with E-state index >= 15 is 0 Å². The van der Waals surface area contributed by atoms with Crippen LogP contribution >= 0.6 is 0 Å². The van der Waals surface area contributed by atoms with Gasteiger partial charge in [0.2, 0.25) is 0 Å². The Morgan fingerprint density at radius 3 is 0.870 bits per heavy atom. The van der Waals surface area contributed by atoms with Gasteiger partial charge in [-0.3, -0.25) is 0 Å². The number of carbonyl (C=O) groups excluding carboxylic acids is 2. The molecule has 0 N–H and O–H groups in total. The summed E-state index contributed by atoms with van der Waals surface area (Å²) in [5.74, 6) is -36.7. The van der Waals surface area contributed by atoms with Crippen molar-refractivity contribution >= 4 is 55.0 Å². The fourth-order valence-corrected chi connectivity index (χ4v) is 4.37. The van der Waals surface area contributed by atoms with Crippen LogP contribution in [0, 0.1) is 0 Å². The lowest BCUT2D eigenvalue weighted by Gasteiger charge is -2.27. The van der Waals surface area contributed by atoms with Gasteiger partial charge in [-0.05, 0) is 43.1 Å². The summed E-state index contributed by atoms with van der Waals surface area (Å²) >= 11 is 0. The van der Waals surface area contributed by atoms with E-state index in [0.717, 1.165) is 0 Å². The second kappa shape index (κ2) is 11.0. The Balaban J connectivity index is 0.000000213. The lowest BCUT2D eigenvalue weighted by molar-refractivity contribution is -0.371. The van der Waals surface area contributed by atoms with Crippen molar-refractivity contribution in [2.24, 2.45) is 0 Å². The zero-order valence-electron chi connectivity index (χ0n) is 21.9. The maximum Gasteiger partial charge on any atom is 0.460 e. The van der Waals surface area contributed by atoms with Crippen LogP contribution in [0.1, 0.15) is 0 Å². The Labute approximate surface area is 245 Å². The quantitative estimate of drug-likeness (QED) is 0.0625. The summed E-state index contributed by atoms with van der Waals surface area (Å²) in [6.45, 7) is 0. The molecule has 0 heterocycles. The number of halogens is 14. The molecule has 246 valence electrons. The van der Waals surface area contributed by atoms with Gasteiger partial charge >= 0.3 is 48.0 Å². The molecule has 0 aromatic heterocycles. The third kappa shape index (κ3) is 5.32. The second-order valence-electron chi connectivity index (χ2n) is 9.45. The monoisotopic (exact) mass is 678 g/mol. The summed E-state index contributed by atoms with van der Waals surface area (Å²) in [6.07, 6.45) is -14.3. The van der Waals surface area contributed by atoms with Gasteiger partial charge in [0.25, 0.3) is 0 Å². The highest BCUT2D eigenvalue weighted by atomic mass is 19.4. The number of fused-ring (bicyclic) bond motifs is 2. The smallest absolute Gasteiger partial charge is 0.240 e. The van der Waals surface area contributed by atoms with Crippen molar-refractivity contribution in [3.05, 3.63) is 72.8 Å². The number of alkyl halides is 14. The van der Waals surface area contributed by atoms with Crippen LogP contribution < -0.4 is 0 Å². The van der Waals surface area contributed by atoms with E-state index in [-0.39, 0.29) is 0 Å². The van der Waals surface area contributed by atoms with Gasteiger partial charge in [-0.25, -0.2) is 19.4 Å². The third-order valence-electron chi connectivity index (χ3n) is 6.60. The van der Waals surface area contributed by atoms with Gasteiger partial charge in [0.15, 0.2) is 0 Å². The van der Waals surface area contributed by atoms with E-state index in [2.05, 4.69) is 82.6 Å². The molecule has 46 heavy (non-hydrogen) atoms. The van der Waals surface area contributed by atoms with Crippen LogP contribution in [0.15, 0.2) is 72.8 Å². The van der Waals surface area contributed by atoms with E-state index in [0.29, 0.717) is 0 Å². The van der Waals surface area contributed by atoms with E-state index in [9.17, 15) is 71.1 Å². The summed E-state index contributed by atoms with van der Waals surface area (Å²) < 4.78 is 170. The number of benzene rings is 5. The SMILES string of the molecule is O=C(OOC(=O)C(F)(F)C(F)(F)C(F)(F)F)C(F)(F)C(F)(F)C(F)(F)F.c1cc2cccc3c4cccc5cccc(c(c1)c23)c54. The van der Waals surface area contributed by atoms with Gasteiger partial charge in [-0.15, -0.1) is 0 Å². The molecule has 0 saturated heterocycles. The first-order valence-corrected chi connectivity index (χ1v) is 12.1. The van der Waals surface area contributed by atoms with Crippen molar-refractivity contribution in [3.63, 3.8) is 0 Å². The Hall–Kier alpha value is -4.64. The largest absolute Gasteiger partial charge is 0.460 e. The van der Waals surface area contributed by atoms with Crippen LogP contribution in [-0.4, -0.2) is 48.0 Å². The zero-order valence-corrected chi connectivity index (χ0v) is 21.9. The maximum atomic E-state index is 12.6. The van der Waals surface area contributed by atoms with Crippen molar-refractivity contribution in [1.29, 1.82) is 0 Å². The molecule has 0 unspecified atom stereocenters. The summed E-state index contributed by atoms with van der Waals surface area (Å²) in [6, 6.07) is 26.4. The molecule has 5 aromatic carbocycles. The topological polar surface area (TPSA) is 52.6 Å². The Morgan fingerprint density at radius 1 is 0.413 bits per heavy atom. The van der Waals surface area contributed by atoms with Crippen molar-refractivity contribution in [2.75, 3.05) is 0 Å². The minimum absolute atomic E-state index is 1.33. The molecule has 0 spiro atoms. The summed E-state index contributed by atoms with van der Waals surface area (Å²) in [4.78, 5) is 25.0. The maximum absolute atomic E-state index is 12.6. The van der Waals surface area contributed by atoms with Crippen LogP contribution in [0.25, 0.3) is 43.1 Å². The highest BCUT2D eigenvalue weighted by molar-refractivity contribution is 6.32. The molecule has 0 amide bonds. The van der Waals surface area contributed by atoms with E-state index in [4.69, 9.17) is 0 Å². The molecule has 0 radical (unpaired) electrons. The first kappa shape index (κ1) is 34.2. The minimum atomic E-state index is -7.22. The minimum Gasteiger partial charge on any atom is -0.240 e. The zero-order chi connectivity index (χ0) is 34.7. The molecule has 5 aromatic rings. The van der Waals surface area contributed by atoms with Crippen LogP contribution in [0.4, 0.5) is 61.5 Å². The van der Waals surface area contributed by atoms with Crippen molar-refractivity contribution in [3.8, 4) is 0 Å². The fourth-order valence-electron chi connectivity index (χ4n) is 4.37. The Morgan fingerprint density at radius 2 is 0.652 bits per heavy atom. The van der Waals surface area contributed by atoms with E-state index in [1.807, 2.05) is 0 Å². The van der Waals surface area contributed by atoms with E-state index in [1.54, 1.807) is 0 Å². The Kier molecular flexibility index (Phi) is 8.19. The highest BCUT2D eigenvalue weighted by Crippen LogP contribution is 2.49. The first-order valence-electron chi connectivity index (χ1n) is 12.1. The molecule has 4 nitrogen and oxygen atoms in total. The molecule has 0 bridgehead atoms. The standard InChI is InChI=1S/C20H12.C8F14O4/c1-5-13-6-2-11-17-18-12-4-8-14-7-3-10-16(20(14)18)15(9-1)19(13)17;9-3(10,5(13,14)7(17,18)19)1(23)25-26-2(24)4(11,12)6(15,16)8(20,21)22/h1-12H;. The predicted octanol–water partition coefficient (Wildman–Crippen LogP) is 9.39. The summed E-state index contributed by atoms with van der Waals surface area (Å²) in [7, 11) is 0. The summed E-state index contributed by atoms with van der Waals surface area (Å²) in [5.41, 5.74) is 0. The Bertz CT molecular complexity index is 1710. The normalized spacial score (nSPS) is 13.6. The van der Waals surface area contributed by atoms with E-state index < -0.39 is 48.0 Å². The van der Waals surface area contributed by atoms with Gasteiger partial charge in [0, 0.05) is 0 Å². The highest BCUT2D eigenvalue weighted by Gasteiger charge is 2.79. The lowest BCUT2D eigenvalue weighted by Crippen LogP contribution is -2.58. The number of hydrogen-bond acceptors (Lipinski definition) is 4. The molecule has 0 atom stereocenters. The third-order valence-corrected chi connectivity index (χ3v) is 6.60. The predicted molar refractivity (Wildman–Crippen MR) is 132 cm³/mol. The molecular formula is C28H12F14O4. The van der Waals surface area contributed by atoms with Crippen molar-refractivity contribution in [1.82, 2.24) is 0 Å². The van der Waals surface area contributed by atoms with Gasteiger partial charge in [0.1, 0.15) is 0 Å². The lowest BCUT2D eigenvalue weighted by atomic mass is 9.90. The molecule has 18 heteroatoms. The van der Waals surface area contributed by atoms with Crippen LogP contribution in [0.2, 0.25) is 0 Å². The van der Waals surface area contributed by atoms with Gasteiger partial charge < -0.3 is 0 Å². The van der Waals surface area contributed by atoms with Gasteiger partial charge in [-0.2, -0.15) is 61.5 Å². The molecule has 0 aliphatic rings. The number of hydrogen-bond donors (Lipinski definition) is 0. The van der Waals surface area contributed by atoms with E-state index in [1.165, 1.54) is 43.1 Å². The molecule has 0 saturated carbocycles. The second-order valence-corrected chi connectivity index (χ2v) is 9.45. The number of carbonyl (C=O) groups is 2. The van der Waals surface area contributed by atoms with Crippen LogP contribution in [0.3, 0.4) is 0 Å². The fraction of sp³-hybridized carbons (Fsp3) is 0.214. The van der Waals surface area contributed by atoms with Crippen LogP contribution in [-0.2, 0) is 19.4 Å².